The molecular weight excluding hydrogens is 436 g/mol. The summed E-state index contributed by atoms with van der Waals surface area (Å²) in [6.45, 7) is 13.4. The van der Waals surface area contributed by atoms with Crippen LogP contribution in [0.2, 0.25) is 0 Å². The van der Waals surface area contributed by atoms with Crippen molar-refractivity contribution in [2.75, 3.05) is 7.11 Å². The number of hydrogen-bond acceptors (Lipinski definition) is 7. The fourth-order valence-electron chi connectivity index (χ4n) is 5.00. The minimum Gasteiger partial charge on any atom is -0.497 e. The van der Waals surface area contributed by atoms with E-state index in [0.717, 1.165) is 11.3 Å². The van der Waals surface area contributed by atoms with Crippen molar-refractivity contribution < 1.29 is 33.3 Å². The molecule has 4 atom stereocenters. The molecule has 1 saturated heterocycles. The lowest BCUT2D eigenvalue weighted by atomic mass is 9.66. The van der Waals surface area contributed by atoms with Crippen molar-refractivity contribution in [1.29, 1.82) is 0 Å². The Balaban J connectivity index is 1.79. The van der Waals surface area contributed by atoms with Gasteiger partial charge in [0.1, 0.15) is 5.75 Å². The SMILES string of the molecule is COc1ccc(CO[C@@H](C)[C@@H](OC(=O)[C@@]23CC[C@@](C)(C(=O)O2)C3(C)C)C(=O)CC(C)(C)C)cc1. The molecule has 2 fully saturated rings. The van der Waals surface area contributed by atoms with Gasteiger partial charge >= 0.3 is 11.9 Å². The van der Waals surface area contributed by atoms with Gasteiger partial charge in [0.05, 0.1) is 25.2 Å². The van der Waals surface area contributed by atoms with Crippen molar-refractivity contribution >= 4 is 17.7 Å². The van der Waals surface area contributed by atoms with E-state index in [1.807, 2.05) is 65.8 Å². The van der Waals surface area contributed by atoms with Gasteiger partial charge in [-0.25, -0.2) is 4.79 Å². The molecule has 1 aliphatic carbocycles. The highest BCUT2D eigenvalue weighted by molar-refractivity contribution is 5.95. The van der Waals surface area contributed by atoms with Gasteiger partial charge in [-0.2, -0.15) is 0 Å². The zero-order chi connectivity index (χ0) is 25.5. The molecule has 1 saturated carbocycles. The first kappa shape index (κ1) is 26.2. The van der Waals surface area contributed by atoms with Crippen molar-refractivity contribution in [3.63, 3.8) is 0 Å². The van der Waals surface area contributed by atoms with Gasteiger partial charge in [-0.1, -0.05) is 46.8 Å². The van der Waals surface area contributed by atoms with Gasteiger partial charge in [0, 0.05) is 11.8 Å². The highest BCUT2D eigenvalue weighted by Gasteiger charge is 2.76. The third kappa shape index (κ3) is 4.47. The minimum atomic E-state index is -1.39. The third-order valence-electron chi connectivity index (χ3n) is 7.77. The predicted octanol–water partition coefficient (Wildman–Crippen LogP) is 4.64. The molecule has 1 aliphatic heterocycles. The first-order valence-corrected chi connectivity index (χ1v) is 11.9. The van der Waals surface area contributed by atoms with E-state index in [1.165, 1.54) is 0 Å². The fourth-order valence-corrected chi connectivity index (χ4v) is 5.00. The number of rotatable bonds is 9. The summed E-state index contributed by atoms with van der Waals surface area (Å²) in [6.07, 6.45) is -0.665. The molecule has 34 heavy (non-hydrogen) atoms. The lowest BCUT2D eigenvalue weighted by Gasteiger charge is -2.36. The molecule has 0 N–H and O–H groups in total. The Labute approximate surface area is 202 Å². The number of Topliss-reactive ketones (excluding diaryl/α,β-unsaturated/α-hetero) is 1. The standard InChI is InChI=1S/C27H38O7/c1-17(32-16-18-9-11-19(31-8)12-10-18)21(20(28)15-24(2,3)4)33-23(30)27-14-13-26(7,22(29)34-27)25(27,5)6/h9-12,17,21H,13-16H2,1-8H3/t17-,21+,26-,27+/m0/s1. The molecule has 188 valence electrons. The summed E-state index contributed by atoms with van der Waals surface area (Å²) in [5.41, 5.74) is -2.29. The van der Waals surface area contributed by atoms with Crippen LogP contribution >= 0.6 is 0 Å². The Morgan fingerprint density at radius 3 is 2.18 bits per heavy atom. The van der Waals surface area contributed by atoms with Crippen LogP contribution < -0.4 is 4.74 Å². The van der Waals surface area contributed by atoms with Gasteiger partial charge in [-0.3, -0.25) is 9.59 Å². The summed E-state index contributed by atoms with van der Waals surface area (Å²) in [6, 6.07) is 7.42. The van der Waals surface area contributed by atoms with Crippen molar-refractivity contribution in [2.24, 2.45) is 16.2 Å². The first-order chi connectivity index (χ1) is 15.7. The van der Waals surface area contributed by atoms with Gasteiger partial charge < -0.3 is 18.9 Å². The number of carbonyl (C=O) groups is 3. The lowest BCUT2D eigenvalue weighted by molar-refractivity contribution is -0.193. The van der Waals surface area contributed by atoms with E-state index in [2.05, 4.69) is 0 Å². The second-order valence-electron chi connectivity index (χ2n) is 11.6. The van der Waals surface area contributed by atoms with Crippen molar-refractivity contribution in [3.8, 4) is 5.75 Å². The molecule has 2 bridgehead atoms. The maximum atomic E-state index is 13.5. The first-order valence-electron chi connectivity index (χ1n) is 11.9. The zero-order valence-corrected chi connectivity index (χ0v) is 21.7. The molecule has 7 heteroatoms. The summed E-state index contributed by atoms with van der Waals surface area (Å²) in [5.74, 6) is -0.538. The molecular formula is C27H38O7. The van der Waals surface area contributed by atoms with Gasteiger partial charge in [0.15, 0.2) is 11.9 Å². The normalized spacial score (nSPS) is 27.1. The van der Waals surface area contributed by atoms with Crippen molar-refractivity contribution in [2.45, 2.75) is 92.1 Å². The topological polar surface area (TPSA) is 88.1 Å². The number of hydrogen-bond donors (Lipinski definition) is 0. The third-order valence-corrected chi connectivity index (χ3v) is 7.77. The molecule has 0 amide bonds. The Bertz CT molecular complexity index is 943. The quantitative estimate of drug-likeness (QED) is 0.482. The summed E-state index contributed by atoms with van der Waals surface area (Å²) in [7, 11) is 1.60. The summed E-state index contributed by atoms with van der Waals surface area (Å²) < 4.78 is 22.7. The van der Waals surface area contributed by atoms with Crippen LogP contribution in [0, 0.1) is 16.2 Å². The van der Waals surface area contributed by atoms with Crippen molar-refractivity contribution in [1.82, 2.24) is 0 Å². The zero-order valence-electron chi connectivity index (χ0n) is 21.7. The van der Waals surface area contributed by atoms with Crippen LogP contribution in [0.5, 0.6) is 5.75 Å². The molecule has 0 spiro atoms. The average molecular weight is 475 g/mol. The minimum absolute atomic E-state index is 0.217. The smallest absolute Gasteiger partial charge is 0.352 e. The lowest BCUT2D eigenvalue weighted by Crippen LogP contribution is -2.52. The largest absolute Gasteiger partial charge is 0.497 e. The van der Waals surface area contributed by atoms with Crippen molar-refractivity contribution in [3.05, 3.63) is 29.8 Å². The van der Waals surface area contributed by atoms with E-state index in [-0.39, 0.29) is 30.2 Å². The molecule has 1 heterocycles. The number of benzene rings is 1. The number of ketones is 1. The molecule has 1 aromatic rings. The van der Waals surface area contributed by atoms with Crippen LogP contribution in [0.15, 0.2) is 24.3 Å². The number of esters is 2. The Hall–Kier alpha value is -2.41. The maximum absolute atomic E-state index is 13.5. The van der Waals surface area contributed by atoms with E-state index in [1.54, 1.807) is 14.0 Å². The second-order valence-corrected chi connectivity index (χ2v) is 11.6. The second kappa shape index (κ2) is 8.99. The maximum Gasteiger partial charge on any atom is 0.352 e. The highest BCUT2D eigenvalue weighted by atomic mass is 16.6. The highest BCUT2D eigenvalue weighted by Crippen LogP contribution is 2.65. The number of ether oxygens (including phenoxy) is 4. The summed E-state index contributed by atoms with van der Waals surface area (Å²) in [5, 5.41) is 0. The summed E-state index contributed by atoms with van der Waals surface area (Å²) >= 11 is 0. The van der Waals surface area contributed by atoms with E-state index >= 15 is 0 Å². The number of carbonyl (C=O) groups excluding carboxylic acids is 3. The van der Waals surface area contributed by atoms with Crippen LogP contribution in [0.1, 0.15) is 73.3 Å². The Morgan fingerprint density at radius 2 is 1.71 bits per heavy atom. The Morgan fingerprint density at radius 1 is 1.09 bits per heavy atom. The Kier molecular flexibility index (Phi) is 6.93. The molecule has 0 radical (unpaired) electrons. The summed E-state index contributed by atoms with van der Waals surface area (Å²) in [4.78, 5) is 39.4. The van der Waals surface area contributed by atoms with E-state index < -0.39 is 34.6 Å². The van der Waals surface area contributed by atoms with Gasteiger partial charge in [0.25, 0.3) is 0 Å². The van der Waals surface area contributed by atoms with Crippen LogP contribution in [0.3, 0.4) is 0 Å². The molecule has 0 unspecified atom stereocenters. The van der Waals surface area contributed by atoms with Crippen LogP contribution in [-0.2, 0) is 35.2 Å². The fraction of sp³-hybridized carbons (Fsp3) is 0.667. The van der Waals surface area contributed by atoms with Crippen LogP contribution in [-0.4, -0.2) is 42.6 Å². The predicted molar refractivity (Wildman–Crippen MR) is 126 cm³/mol. The van der Waals surface area contributed by atoms with Gasteiger partial charge in [-0.15, -0.1) is 0 Å². The van der Waals surface area contributed by atoms with Crippen LogP contribution in [0.4, 0.5) is 0 Å². The molecule has 1 aromatic carbocycles. The molecule has 2 aliphatic rings. The van der Waals surface area contributed by atoms with E-state index in [9.17, 15) is 14.4 Å². The average Bonchev–Trinajstić information content (AvgIpc) is 3.05. The van der Waals surface area contributed by atoms with E-state index in [4.69, 9.17) is 18.9 Å². The monoisotopic (exact) mass is 474 g/mol. The van der Waals surface area contributed by atoms with Gasteiger partial charge in [-0.05, 0) is 49.8 Å². The van der Waals surface area contributed by atoms with Crippen LogP contribution in [0.25, 0.3) is 0 Å². The molecule has 0 aromatic heterocycles. The van der Waals surface area contributed by atoms with E-state index in [0.29, 0.717) is 12.8 Å². The van der Waals surface area contributed by atoms with Gasteiger partial charge in [0.2, 0.25) is 5.60 Å². The molecule has 7 nitrogen and oxygen atoms in total. The molecule has 3 rings (SSSR count). The number of methoxy groups -OCH3 is 1. The number of fused-ring (bicyclic) bond motifs is 2.